The molecule has 1 atom stereocenters. The Kier molecular flexibility index (Phi) is 7.18. The van der Waals surface area contributed by atoms with Crippen LogP contribution in [-0.2, 0) is 14.3 Å². The molecule has 0 bridgehead atoms. The largest absolute Gasteiger partial charge is 0.463 e. The first kappa shape index (κ1) is 17.5. The fraction of sp³-hybridized carbons (Fsp3) is 0.714. The third-order valence-electron chi connectivity index (χ3n) is 3.18. The van der Waals surface area contributed by atoms with Crippen molar-refractivity contribution in [3.8, 4) is 0 Å². The van der Waals surface area contributed by atoms with E-state index in [1.54, 1.807) is 21.0 Å². The van der Waals surface area contributed by atoms with Crippen molar-refractivity contribution in [1.82, 2.24) is 15.5 Å². The lowest BCUT2D eigenvalue weighted by Crippen LogP contribution is -2.51. The van der Waals surface area contributed by atoms with E-state index in [4.69, 9.17) is 9.47 Å². The Bertz CT molecular complexity index is 409. The third-order valence-corrected chi connectivity index (χ3v) is 3.18. The lowest BCUT2D eigenvalue weighted by Gasteiger charge is -2.29. The Labute approximate surface area is 125 Å². The molecule has 0 radical (unpaired) electrons. The van der Waals surface area contributed by atoms with Crippen molar-refractivity contribution in [2.24, 2.45) is 0 Å². The number of esters is 1. The monoisotopic (exact) mass is 299 g/mol. The summed E-state index contributed by atoms with van der Waals surface area (Å²) in [5.74, 6) is -0.391. The number of rotatable bonds is 8. The number of amides is 2. The number of urea groups is 1. The van der Waals surface area contributed by atoms with Crippen molar-refractivity contribution in [1.29, 1.82) is 0 Å². The zero-order valence-electron chi connectivity index (χ0n) is 13.2. The van der Waals surface area contributed by atoms with Gasteiger partial charge in [-0.3, -0.25) is 0 Å². The molecular weight excluding hydrogens is 274 g/mol. The van der Waals surface area contributed by atoms with Crippen LogP contribution in [0.4, 0.5) is 4.79 Å². The van der Waals surface area contributed by atoms with Gasteiger partial charge in [0.05, 0.1) is 18.2 Å². The summed E-state index contributed by atoms with van der Waals surface area (Å²) < 4.78 is 10.1. The van der Waals surface area contributed by atoms with Crippen LogP contribution in [0, 0.1) is 0 Å². The molecule has 0 aliphatic carbocycles. The Hall–Kier alpha value is -1.60. The minimum absolute atomic E-state index is 0.296. The summed E-state index contributed by atoms with van der Waals surface area (Å²) in [6.45, 7) is 5.81. The van der Waals surface area contributed by atoms with Crippen molar-refractivity contribution in [2.45, 2.75) is 26.3 Å². The van der Waals surface area contributed by atoms with Gasteiger partial charge >= 0.3 is 12.0 Å². The maximum absolute atomic E-state index is 12.1. The molecule has 0 aromatic rings. The van der Waals surface area contributed by atoms with Crippen LogP contribution in [-0.4, -0.2) is 63.4 Å². The smallest absolute Gasteiger partial charge is 0.337 e. The second-order valence-corrected chi connectivity index (χ2v) is 5.02. The number of carbonyl (C=O) groups is 2. The minimum atomic E-state index is -0.391. The summed E-state index contributed by atoms with van der Waals surface area (Å²) in [4.78, 5) is 25.7. The van der Waals surface area contributed by atoms with Gasteiger partial charge in [0.2, 0.25) is 0 Å². The quantitative estimate of drug-likeness (QED) is 0.503. The van der Waals surface area contributed by atoms with Crippen LogP contribution in [0.3, 0.4) is 0 Å². The minimum Gasteiger partial charge on any atom is -0.463 e. The molecule has 1 unspecified atom stereocenters. The number of methoxy groups -OCH3 is 1. The van der Waals surface area contributed by atoms with Crippen molar-refractivity contribution in [3.05, 3.63) is 11.3 Å². The summed E-state index contributed by atoms with van der Waals surface area (Å²) in [5.41, 5.74) is 1.08. The van der Waals surface area contributed by atoms with Crippen LogP contribution in [0.5, 0.6) is 0 Å². The normalized spacial score (nSPS) is 18.5. The number of nitrogens with zero attached hydrogens (tertiary/aromatic N) is 1. The third kappa shape index (κ3) is 5.35. The highest BCUT2D eigenvalue weighted by Gasteiger charge is 2.29. The molecule has 1 aliphatic heterocycles. The average molecular weight is 299 g/mol. The lowest BCUT2D eigenvalue weighted by atomic mass is 10.0. The van der Waals surface area contributed by atoms with Crippen LogP contribution in [0.1, 0.15) is 20.3 Å². The highest BCUT2D eigenvalue weighted by Crippen LogP contribution is 2.15. The van der Waals surface area contributed by atoms with E-state index in [2.05, 4.69) is 10.6 Å². The maximum atomic E-state index is 12.1. The molecular formula is C14H25N3O4. The highest BCUT2D eigenvalue weighted by atomic mass is 16.5. The molecule has 21 heavy (non-hydrogen) atoms. The van der Waals surface area contributed by atoms with E-state index in [1.807, 2.05) is 11.9 Å². The molecule has 0 saturated carbocycles. The van der Waals surface area contributed by atoms with E-state index in [9.17, 15) is 9.59 Å². The zero-order valence-corrected chi connectivity index (χ0v) is 13.2. The van der Waals surface area contributed by atoms with E-state index in [0.29, 0.717) is 31.0 Å². The van der Waals surface area contributed by atoms with Gasteiger partial charge < -0.3 is 25.0 Å². The Morgan fingerprint density at radius 2 is 2.14 bits per heavy atom. The molecule has 7 heteroatoms. The maximum Gasteiger partial charge on any atom is 0.337 e. The Morgan fingerprint density at radius 3 is 2.76 bits per heavy atom. The molecule has 120 valence electrons. The molecule has 7 nitrogen and oxygen atoms in total. The van der Waals surface area contributed by atoms with Gasteiger partial charge in [-0.1, -0.05) is 0 Å². The summed E-state index contributed by atoms with van der Waals surface area (Å²) in [7, 11) is 3.60. The van der Waals surface area contributed by atoms with Gasteiger partial charge in [0, 0.05) is 32.5 Å². The predicted molar refractivity (Wildman–Crippen MR) is 78.8 cm³/mol. The van der Waals surface area contributed by atoms with Gasteiger partial charge in [-0.25, -0.2) is 9.59 Å². The second kappa shape index (κ2) is 8.63. The van der Waals surface area contributed by atoms with Crippen molar-refractivity contribution in [3.63, 3.8) is 0 Å². The van der Waals surface area contributed by atoms with Crippen LogP contribution < -0.4 is 10.6 Å². The van der Waals surface area contributed by atoms with Gasteiger partial charge in [-0.05, 0) is 27.3 Å². The molecule has 0 saturated heterocycles. The molecule has 2 N–H and O–H groups in total. The summed E-state index contributed by atoms with van der Waals surface area (Å²) in [6.07, 6.45) is 0.886. The molecule has 0 aromatic carbocycles. The van der Waals surface area contributed by atoms with E-state index in [-0.39, 0.29) is 12.1 Å². The predicted octanol–water partition coefficient (Wildman–Crippen LogP) is 0.473. The van der Waals surface area contributed by atoms with Crippen molar-refractivity contribution in [2.75, 3.05) is 40.5 Å². The standard InChI is InChI=1S/C14H25N3O4/c1-5-21-13(18)12-10(2)15-14(19)16-11(12)9-17(3)7-6-8-20-4/h10H,5-9H2,1-4H3,(H2,15,16,19). The fourth-order valence-electron chi connectivity index (χ4n) is 2.23. The first-order valence-corrected chi connectivity index (χ1v) is 7.14. The molecule has 0 aromatic heterocycles. The van der Waals surface area contributed by atoms with Gasteiger partial charge in [-0.15, -0.1) is 0 Å². The van der Waals surface area contributed by atoms with Crippen molar-refractivity contribution >= 4 is 12.0 Å². The number of nitrogens with one attached hydrogen (secondary N) is 2. The summed E-state index contributed by atoms with van der Waals surface area (Å²) in [6, 6.07) is -0.656. The van der Waals surface area contributed by atoms with Gasteiger partial charge in [0.15, 0.2) is 0 Å². The van der Waals surface area contributed by atoms with Gasteiger partial charge in [0.25, 0.3) is 0 Å². The van der Waals surface area contributed by atoms with Crippen LogP contribution in [0.2, 0.25) is 0 Å². The molecule has 1 heterocycles. The van der Waals surface area contributed by atoms with E-state index in [0.717, 1.165) is 13.0 Å². The van der Waals surface area contributed by atoms with Crippen LogP contribution in [0.25, 0.3) is 0 Å². The topological polar surface area (TPSA) is 79.9 Å². The van der Waals surface area contributed by atoms with E-state index in [1.165, 1.54) is 0 Å². The SMILES string of the molecule is CCOC(=O)C1=C(CN(C)CCCOC)NC(=O)NC1C. The zero-order chi connectivity index (χ0) is 15.8. The first-order valence-electron chi connectivity index (χ1n) is 7.14. The first-order chi connectivity index (χ1) is 9.99. The van der Waals surface area contributed by atoms with Crippen LogP contribution in [0.15, 0.2) is 11.3 Å². The van der Waals surface area contributed by atoms with E-state index < -0.39 is 5.97 Å². The molecule has 1 aliphatic rings. The molecule has 1 rings (SSSR count). The van der Waals surface area contributed by atoms with Gasteiger partial charge in [-0.2, -0.15) is 0 Å². The average Bonchev–Trinajstić information content (AvgIpc) is 2.38. The number of hydrogen-bond donors (Lipinski definition) is 2. The van der Waals surface area contributed by atoms with Crippen LogP contribution >= 0.6 is 0 Å². The summed E-state index contributed by atoms with van der Waals surface area (Å²) in [5, 5.41) is 5.39. The number of hydrogen-bond acceptors (Lipinski definition) is 5. The second-order valence-electron chi connectivity index (χ2n) is 5.02. The van der Waals surface area contributed by atoms with E-state index >= 15 is 0 Å². The fourth-order valence-corrected chi connectivity index (χ4v) is 2.23. The van der Waals surface area contributed by atoms with Gasteiger partial charge in [0.1, 0.15) is 0 Å². The lowest BCUT2D eigenvalue weighted by molar-refractivity contribution is -0.139. The highest BCUT2D eigenvalue weighted by molar-refractivity contribution is 5.94. The number of ether oxygens (including phenoxy) is 2. The molecule has 2 amide bonds. The number of likely N-dealkylation sites (N-methyl/N-ethyl adjacent to an activating group) is 1. The Morgan fingerprint density at radius 1 is 1.43 bits per heavy atom. The molecule has 0 spiro atoms. The molecule has 0 fully saturated rings. The number of carbonyl (C=O) groups excluding carboxylic acids is 2. The Balaban J connectivity index is 2.81. The van der Waals surface area contributed by atoms with Crippen molar-refractivity contribution < 1.29 is 19.1 Å². The summed E-state index contributed by atoms with van der Waals surface area (Å²) >= 11 is 0.